The second-order valence-electron chi connectivity index (χ2n) is 6.81. The molecule has 0 aromatic heterocycles. The van der Waals surface area contributed by atoms with Gasteiger partial charge in [-0.1, -0.05) is 30.3 Å². The van der Waals surface area contributed by atoms with Crippen LogP contribution in [0.5, 0.6) is 5.75 Å². The zero-order valence-electron chi connectivity index (χ0n) is 16.1. The van der Waals surface area contributed by atoms with Crippen LogP contribution in [0.25, 0.3) is 0 Å². The molecule has 2 aromatic rings. The molecule has 0 radical (unpaired) electrons. The van der Waals surface area contributed by atoms with Gasteiger partial charge in [0.1, 0.15) is 18.9 Å². The number of nitrogens with zero attached hydrogens (tertiary/aromatic N) is 1. The first-order valence-corrected chi connectivity index (χ1v) is 9.55. The summed E-state index contributed by atoms with van der Waals surface area (Å²) in [6.07, 6.45) is 2.07. The quantitative estimate of drug-likeness (QED) is 0.762. The molecule has 0 spiro atoms. The first-order valence-electron chi connectivity index (χ1n) is 9.55. The highest BCUT2D eigenvalue weighted by Crippen LogP contribution is 2.20. The largest absolute Gasteiger partial charge is 0.489 e. The number of ether oxygens (including phenoxy) is 2. The number of carbonyl (C=O) groups excluding carboxylic acids is 2. The summed E-state index contributed by atoms with van der Waals surface area (Å²) in [5.74, 6) is 0.319. The minimum atomic E-state index is -0.199. The zero-order chi connectivity index (χ0) is 19.8. The van der Waals surface area contributed by atoms with Crippen molar-refractivity contribution in [3.8, 4) is 5.75 Å². The zero-order valence-corrected chi connectivity index (χ0v) is 16.1. The predicted molar refractivity (Wildman–Crippen MR) is 107 cm³/mol. The molecule has 0 bridgehead atoms. The summed E-state index contributed by atoms with van der Waals surface area (Å²) >= 11 is 0. The average Bonchev–Trinajstić information content (AvgIpc) is 3.24. The van der Waals surface area contributed by atoms with Gasteiger partial charge in [-0.25, -0.2) is 0 Å². The number of hydrogen-bond acceptors (Lipinski definition) is 4. The van der Waals surface area contributed by atoms with Crippen LogP contribution in [0.2, 0.25) is 0 Å². The Morgan fingerprint density at radius 3 is 2.54 bits per heavy atom. The van der Waals surface area contributed by atoms with E-state index in [-0.39, 0.29) is 24.5 Å². The average molecular weight is 382 g/mol. The van der Waals surface area contributed by atoms with Gasteiger partial charge in [0.25, 0.3) is 0 Å². The Kier molecular flexibility index (Phi) is 7.03. The van der Waals surface area contributed by atoms with Gasteiger partial charge in [-0.3, -0.25) is 9.59 Å². The van der Waals surface area contributed by atoms with Gasteiger partial charge in [0.2, 0.25) is 11.8 Å². The van der Waals surface area contributed by atoms with E-state index in [1.807, 2.05) is 30.3 Å². The van der Waals surface area contributed by atoms with Crippen LogP contribution in [0.15, 0.2) is 54.6 Å². The molecule has 1 unspecified atom stereocenters. The number of amides is 2. The van der Waals surface area contributed by atoms with Gasteiger partial charge >= 0.3 is 0 Å². The monoisotopic (exact) mass is 382 g/mol. The van der Waals surface area contributed by atoms with Crippen LogP contribution in [0.3, 0.4) is 0 Å². The van der Waals surface area contributed by atoms with Crippen LogP contribution < -0.4 is 15.0 Å². The second-order valence-corrected chi connectivity index (χ2v) is 6.81. The molecule has 1 N–H and O–H groups in total. The van der Waals surface area contributed by atoms with Gasteiger partial charge in [0.15, 0.2) is 0 Å². The molecule has 1 aliphatic rings. The fourth-order valence-electron chi connectivity index (χ4n) is 3.08. The SMILES string of the molecule is CC(=O)N(CC(=O)NCC1CCCO1)c1ccc(OCc2ccccc2)cc1. The Morgan fingerprint density at radius 2 is 1.89 bits per heavy atom. The standard InChI is InChI=1S/C22H26N2O4/c1-17(25)24(15-22(26)23-14-21-8-5-13-27-21)19-9-11-20(12-10-19)28-16-18-6-3-2-4-7-18/h2-4,6-7,9-12,21H,5,8,13-16H2,1H3,(H,23,26). The highest BCUT2D eigenvalue weighted by Gasteiger charge is 2.19. The van der Waals surface area contributed by atoms with Crippen molar-refractivity contribution < 1.29 is 19.1 Å². The molecule has 1 aliphatic heterocycles. The molecule has 1 fully saturated rings. The Hall–Kier alpha value is -2.86. The lowest BCUT2D eigenvalue weighted by Crippen LogP contribution is -2.42. The summed E-state index contributed by atoms with van der Waals surface area (Å²) in [5, 5.41) is 2.85. The Balaban J connectivity index is 1.54. The second kappa shape index (κ2) is 9.90. The molecule has 2 amide bonds. The number of carbonyl (C=O) groups is 2. The van der Waals surface area contributed by atoms with E-state index in [9.17, 15) is 9.59 Å². The Bertz CT molecular complexity index is 771. The van der Waals surface area contributed by atoms with Crippen LogP contribution in [0.1, 0.15) is 25.3 Å². The molecule has 1 heterocycles. The maximum absolute atomic E-state index is 12.2. The molecule has 2 aromatic carbocycles. The van der Waals surface area contributed by atoms with Gasteiger partial charge in [-0.05, 0) is 42.7 Å². The van der Waals surface area contributed by atoms with Crippen molar-refractivity contribution in [3.63, 3.8) is 0 Å². The Morgan fingerprint density at radius 1 is 1.14 bits per heavy atom. The van der Waals surface area contributed by atoms with E-state index in [1.165, 1.54) is 11.8 Å². The van der Waals surface area contributed by atoms with E-state index in [1.54, 1.807) is 24.3 Å². The maximum Gasteiger partial charge on any atom is 0.240 e. The lowest BCUT2D eigenvalue weighted by molar-refractivity contribution is -0.123. The van der Waals surface area contributed by atoms with Crippen LogP contribution >= 0.6 is 0 Å². The third-order valence-electron chi connectivity index (χ3n) is 4.63. The summed E-state index contributed by atoms with van der Waals surface area (Å²) in [5.41, 5.74) is 1.74. The number of hydrogen-bond donors (Lipinski definition) is 1. The molecule has 28 heavy (non-hydrogen) atoms. The van der Waals surface area contributed by atoms with Crippen molar-refractivity contribution in [1.29, 1.82) is 0 Å². The van der Waals surface area contributed by atoms with Crippen LogP contribution in [-0.2, 0) is 20.9 Å². The number of rotatable bonds is 8. The summed E-state index contributed by atoms with van der Waals surface area (Å²) in [4.78, 5) is 25.7. The van der Waals surface area contributed by atoms with E-state index in [4.69, 9.17) is 9.47 Å². The van der Waals surface area contributed by atoms with Crippen LogP contribution in [0, 0.1) is 0 Å². The lowest BCUT2D eigenvalue weighted by Gasteiger charge is -2.21. The fourth-order valence-corrected chi connectivity index (χ4v) is 3.08. The van der Waals surface area contributed by atoms with Gasteiger partial charge in [-0.15, -0.1) is 0 Å². The van der Waals surface area contributed by atoms with E-state index in [0.717, 1.165) is 25.0 Å². The summed E-state index contributed by atoms with van der Waals surface area (Å²) in [7, 11) is 0. The first kappa shape index (κ1) is 19.9. The lowest BCUT2D eigenvalue weighted by atomic mass is 10.2. The Labute approximate surface area is 165 Å². The van der Waals surface area contributed by atoms with Crippen LogP contribution in [0.4, 0.5) is 5.69 Å². The van der Waals surface area contributed by atoms with Crippen molar-refractivity contribution in [2.24, 2.45) is 0 Å². The van der Waals surface area contributed by atoms with Crippen molar-refractivity contribution in [1.82, 2.24) is 5.32 Å². The van der Waals surface area contributed by atoms with Crippen molar-refractivity contribution in [3.05, 3.63) is 60.2 Å². The molecule has 1 saturated heterocycles. The highest BCUT2D eigenvalue weighted by molar-refractivity contribution is 5.97. The van der Waals surface area contributed by atoms with Gasteiger partial charge in [-0.2, -0.15) is 0 Å². The molecular weight excluding hydrogens is 356 g/mol. The normalized spacial score (nSPS) is 15.8. The molecule has 6 nitrogen and oxygen atoms in total. The number of anilines is 1. The molecule has 148 valence electrons. The van der Waals surface area contributed by atoms with Crippen molar-refractivity contribution in [2.75, 3.05) is 24.6 Å². The summed E-state index contributed by atoms with van der Waals surface area (Å²) < 4.78 is 11.3. The third kappa shape index (κ3) is 5.82. The maximum atomic E-state index is 12.2. The van der Waals surface area contributed by atoms with Gasteiger partial charge in [0, 0.05) is 25.8 Å². The first-order chi connectivity index (χ1) is 13.6. The molecular formula is C22H26N2O4. The topological polar surface area (TPSA) is 67.9 Å². The molecule has 0 saturated carbocycles. The van der Waals surface area contributed by atoms with Crippen molar-refractivity contribution in [2.45, 2.75) is 32.5 Å². The molecule has 6 heteroatoms. The van der Waals surface area contributed by atoms with Gasteiger partial charge < -0.3 is 19.7 Å². The summed E-state index contributed by atoms with van der Waals surface area (Å²) in [6, 6.07) is 17.1. The smallest absolute Gasteiger partial charge is 0.240 e. The molecule has 0 aliphatic carbocycles. The van der Waals surface area contributed by atoms with E-state index in [0.29, 0.717) is 24.6 Å². The third-order valence-corrected chi connectivity index (χ3v) is 4.63. The molecule has 3 rings (SSSR count). The minimum Gasteiger partial charge on any atom is -0.489 e. The van der Waals surface area contributed by atoms with Gasteiger partial charge in [0.05, 0.1) is 6.10 Å². The van der Waals surface area contributed by atoms with E-state index in [2.05, 4.69) is 5.32 Å². The number of nitrogens with one attached hydrogen (secondary N) is 1. The van der Waals surface area contributed by atoms with Crippen LogP contribution in [-0.4, -0.2) is 37.6 Å². The fraction of sp³-hybridized carbons (Fsp3) is 0.364. The summed E-state index contributed by atoms with van der Waals surface area (Å²) in [6.45, 7) is 3.14. The predicted octanol–water partition coefficient (Wildman–Crippen LogP) is 2.91. The van der Waals surface area contributed by atoms with Crippen molar-refractivity contribution >= 4 is 17.5 Å². The molecule has 1 atom stereocenters. The minimum absolute atomic E-state index is 0.0216. The van der Waals surface area contributed by atoms with E-state index >= 15 is 0 Å². The number of benzene rings is 2. The van der Waals surface area contributed by atoms with E-state index < -0.39 is 0 Å². The highest BCUT2D eigenvalue weighted by atomic mass is 16.5.